The van der Waals surface area contributed by atoms with Crippen molar-refractivity contribution in [3.05, 3.63) is 35.4 Å². The van der Waals surface area contributed by atoms with E-state index in [4.69, 9.17) is 10.8 Å². The maximum Gasteiger partial charge on any atom is 0.320 e. The third kappa shape index (κ3) is 3.40. The fourth-order valence-electron chi connectivity index (χ4n) is 2.69. The van der Waals surface area contributed by atoms with Gasteiger partial charge in [-0.05, 0) is 17.5 Å². The van der Waals surface area contributed by atoms with Crippen molar-refractivity contribution in [3.8, 4) is 0 Å². The maximum absolute atomic E-state index is 13.9. The molecule has 0 aliphatic heterocycles. The Labute approximate surface area is 125 Å². The fourth-order valence-corrected chi connectivity index (χ4v) is 2.69. The Hall–Kier alpha value is -1.63. The molecular formula is C15H17F4NO2. The van der Waals surface area contributed by atoms with Gasteiger partial charge in [0.1, 0.15) is 30.7 Å². The first-order chi connectivity index (χ1) is 10.3. The molecule has 122 valence electrons. The van der Waals surface area contributed by atoms with Gasteiger partial charge in [0.05, 0.1) is 5.92 Å². The molecule has 1 aliphatic carbocycles. The minimum Gasteiger partial charge on any atom is -0.480 e. The average Bonchev–Trinajstić information content (AvgIpc) is 2.47. The molecule has 1 unspecified atom stereocenters. The van der Waals surface area contributed by atoms with E-state index in [2.05, 4.69) is 0 Å². The van der Waals surface area contributed by atoms with E-state index in [1.807, 2.05) is 0 Å². The lowest BCUT2D eigenvalue weighted by atomic mass is 9.79. The highest BCUT2D eigenvalue weighted by atomic mass is 19.2. The van der Waals surface area contributed by atoms with E-state index >= 15 is 0 Å². The molecule has 0 heterocycles. The second kappa shape index (κ2) is 6.64. The standard InChI is InChI=1S/C15H17F4NO2/c16-9-6-10(17)14(19)12(13(9)18)8-3-1-7(2-4-8)5-11(20)15(21)22/h1-4,9-14H,5-6,20H2,(H,21,22)/t9-,10+,11-,12?,13-,14+/m0/s1. The van der Waals surface area contributed by atoms with E-state index in [-0.39, 0.29) is 12.0 Å². The molecule has 0 saturated heterocycles. The first-order valence-corrected chi connectivity index (χ1v) is 6.94. The van der Waals surface area contributed by atoms with Crippen molar-refractivity contribution in [1.29, 1.82) is 0 Å². The molecule has 1 aliphatic rings. The Morgan fingerprint density at radius 2 is 1.64 bits per heavy atom. The molecule has 2 rings (SSSR count). The molecule has 3 nitrogen and oxygen atoms in total. The van der Waals surface area contributed by atoms with Gasteiger partial charge in [0.2, 0.25) is 0 Å². The molecule has 0 aromatic heterocycles. The van der Waals surface area contributed by atoms with Crippen LogP contribution in [0.3, 0.4) is 0 Å². The van der Waals surface area contributed by atoms with Crippen molar-refractivity contribution in [1.82, 2.24) is 0 Å². The predicted octanol–water partition coefficient (Wildman–Crippen LogP) is 2.48. The first-order valence-electron chi connectivity index (χ1n) is 6.94. The molecule has 0 spiro atoms. The summed E-state index contributed by atoms with van der Waals surface area (Å²) in [4.78, 5) is 10.7. The number of carbonyl (C=O) groups is 1. The summed E-state index contributed by atoms with van der Waals surface area (Å²) in [5.41, 5.74) is 6.11. The van der Waals surface area contributed by atoms with Gasteiger partial charge in [-0.3, -0.25) is 4.79 Å². The van der Waals surface area contributed by atoms with E-state index in [1.165, 1.54) is 24.3 Å². The number of carboxylic acid groups (broad SMARTS) is 1. The molecule has 0 bridgehead atoms. The largest absolute Gasteiger partial charge is 0.480 e. The number of hydrogen-bond acceptors (Lipinski definition) is 2. The number of carboxylic acids is 1. The van der Waals surface area contributed by atoms with Crippen molar-refractivity contribution in [2.75, 3.05) is 0 Å². The van der Waals surface area contributed by atoms with Crippen LogP contribution in [0.25, 0.3) is 0 Å². The van der Waals surface area contributed by atoms with Crippen LogP contribution in [0.4, 0.5) is 17.6 Å². The molecule has 7 heteroatoms. The summed E-state index contributed by atoms with van der Waals surface area (Å²) in [5.74, 6) is -2.66. The van der Waals surface area contributed by atoms with Gasteiger partial charge in [-0.25, -0.2) is 17.6 Å². The molecule has 3 N–H and O–H groups in total. The van der Waals surface area contributed by atoms with Gasteiger partial charge in [0.15, 0.2) is 0 Å². The van der Waals surface area contributed by atoms with Gasteiger partial charge in [-0.2, -0.15) is 0 Å². The van der Waals surface area contributed by atoms with Crippen LogP contribution in [0.15, 0.2) is 24.3 Å². The molecule has 1 aromatic rings. The van der Waals surface area contributed by atoms with Gasteiger partial charge in [-0.15, -0.1) is 0 Å². The summed E-state index contributed by atoms with van der Waals surface area (Å²) >= 11 is 0. The third-order valence-electron chi connectivity index (χ3n) is 3.96. The second-order valence-corrected chi connectivity index (χ2v) is 5.57. The third-order valence-corrected chi connectivity index (χ3v) is 3.96. The Kier molecular flexibility index (Phi) is 5.05. The van der Waals surface area contributed by atoms with Gasteiger partial charge < -0.3 is 10.8 Å². The minimum atomic E-state index is -2.10. The molecular weight excluding hydrogens is 302 g/mol. The second-order valence-electron chi connectivity index (χ2n) is 5.57. The van der Waals surface area contributed by atoms with Crippen LogP contribution in [0.5, 0.6) is 0 Å². The van der Waals surface area contributed by atoms with E-state index < -0.39 is 49.0 Å². The van der Waals surface area contributed by atoms with Crippen molar-refractivity contribution in [2.45, 2.75) is 49.5 Å². The number of hydrogen-bond donors (Lipinski definition) is 2. The zero-order chi connectivity index (χ0) is 16.4. The van der Waals surface area contributed by atoms with Crippen molar-refractivity contribution in [2.24, 2.45) is 5.73 Å². The molecule has 0 amide bonds. The van der Waals surface area contributed by atoms with Crippen LogP contribution in [0, 0.1) is 0 Å². The summed E-state index contributed by atoms with van der Waals surface area (Å²) < 4.78 is 54.6. The lowest BCUT2D eigenvalue weighted by molar-refractivity contribution is -0.138. The molecule has 0 radical (unpaired) electrons. The zero-order valence-corrected chi connectivity index (χ0v) is 11.6. The number of benzene rings is 1. The normalized spacial score (nSPS) is 33.4. The van der Waals surface area contributed by atoms with Gasteiger partial charge in [0, 0.05) is 6.42 Å². The van der Waals surface area contributed by atoms with E-state index in [0.717, 1.165) is 0 Å². The number of halogens is 4. The summed E-state index contributed by atoms with van der Waals surface area (Å²) in [6, 6.07) is 4.56. The fraction of sp³-hybridized carbons (Fsp3) is 0.533. The maximum atomic E-state index is 13.9. The quantitative estimate of drug-likeness (QED) is 0.838. The van der Waals surface area contributed by atoms with Crippen molar-refractivity contribution >= 4 is 5.97 Å². The highest BCUT2D eigenvalue weighted by Gasteiger charge is 2.47. The van der Waals surface area contributed by atoms with Crippen molar-refractivity contribution in [3.63, 3.8) is 0 Å². The van der Waals surface area contributed by atoms with Crippen LogP contribution in [-0.2, 0) is 11.2 Å². The Bertz CT molecular complexity index is 511. The first kappa shape index (κ1) is 16.7. The summed E-state index contributed by atoms with van der Waals surface area (Å²) in [6.45, 7) is 0. The molecule has 22 heavy (non-hydrogen) atoms. The number of alkyl halides is 4. The van der Waals surface area contributed by atoms with Crippen molar-refractivity contribution < 1.29 is 27.5 Å². The molecule has 1 aromatic carbocycles. The topological polar surface area (TPSA) is 63.3 Å². The predicted molar refractivity (Wildman–Crippen MR) is 72.7 cm³/mol. The molecule has 6 atom stereocenters. The Balaban J connectivity index is 2.16. The van der Waals surface area contributed by atoms with E-state index in [9.17, 15) is 22.4 Å². The van der Waals surface area contributed by atoms with Crippen LogP contribution < -0.4 is 5.73 Å². The van der Waals surface area contributed by atoms with Gasteiger partial charge in [0.25, 0.3) is 0 Å². The summed E-state index contributed by atoms with van der Waals surface area (Å²) in [6.07, 6.45) is -9.00. The molecule has 1 saturated carbocycles. The number of nitrogens with two attached hydrogens (primary N) is 1. The lowest BCUT2D eigenvalue weighted by Gasteiger charge is -2.34. The van der Waals surface area contributed by atoms with Gasteiger partial charge >= 0.3 is 5.97 Å². The Morgan fingerprint density at radius 1 is 1.14 bits per heavy atom. The SMILES string of the molecule is N[C@@H](Cc1ccc(C2[C@@H](F)[C@@H](F)C[C@@H](F)[C@H]2F)cc1)C(=O)O. The van der Waals surface area contributed by atoms with Crippen LogP contribution in [0.2, 0.25) is 0 Å². The lowest BCUT2D eigenvalue weighted by Crippen LogP contribution is -2.43. The zero-order valence-electron chi connectivity index (χ0n) is 11.6. The van der Waals surface area contributed by atoms with Crippen LogP contribution in [0.1, 0.15) is 23.5 Å². The minimum absolute atomic E-state index is 0.0514. The highest BCUT2D eigenvalue weighted by molar-refractivity contribution is 5.73. The van der Waals surface area contributed by atoms with Crippen LogP contribution >= 0.6 is 0 Å². The van der Waals surface area contributed by atoms with Crippen LogP contribution in [-0.4, -0.2) is 41.8 Å². The number of aliphatic carboxylic acids is 1. The Morgan fingerprint density at radius 3 is 2.09 bits per heavy atom. The number of rotatable bonds is 4. The highest BCUT2D eigenvalue weighted by Crippen LogP contribution is 2.40. The summed E-state index contributed by atoms with van der Waals surface area (Å²) in [7, 11) is 0. The van der Waals surface area contributed by atoms with Gasteiger partial charge in [-0.1, -0.05) is 24.3 Å². The average molecular weight is 319 g/mol. The summed E-state index contributed by atoms with van der Waals surface area (Å²) in [5, 5.41) is 8.72. The van der Waals surface area contributed by atoms with E-state index in [0.29, 0.717) is 5.56 Å². The molecule has 1 fully saturated rings. The monoisotopic (exact) mass is 319 g/mol. The smallest absolute Gasteiger partial charge is 0.320 e. The van der Waals surface area contributed by atoms with E-state index in [1.54, 1.807) is 0 Å².